The van der Waals surface area contributed by atoms with Crippen molar-refractivity contribution in [1.82, 2.24) is 20.2 Å². The minimum absolute atomic E-state index is 0.154. The van der Waals surface area contributed by atoms with Crippen LogP contribution in [0.1, 0.15) is 77.5 Å². The van der Waals surface area contributed by atoms with Crippen molar-refractivity contribution >= 4 is 12.0 Å². The zero-order valence-corrected chi connectivity index (χ0v) is 24.7. The van der Waals surface area contributed by atoms with E-state index in [1.165, 1.54) is 0 Å². The van der Waals surface area contributed by atoms with Gasteiger partial charge in [-0.05, 0) is 79.0 Å². The molecule has 3 aromatic rings. The Morgan fingerprint density at radius 2 is 1.70 bits per heavy atom. The number of carbonyl (C=O) groups is 2. The third kappa shape index (κ3) is 7.64. The van der Waals surface area contributed by atoms with E-state index in [0.717, 1.165) is 46.9 Å². The van der Waals surface area contributed by atoms with Crippen LogP contribution in [-0.4, -0.2) is 50.7 Å². The monoisotopic (exact) mass is 546 g/mol. The number of aryl methyl sites for hydroxylation is 1. The Kier molecular flexibility index (Phi) is 8.57. The number of amides is 2. The summed E-state index contributed by atoms with van der Waals surface area (Å²) in [6.45, 7) is 14.0. The Bertz CT molecular complexity index is 1300. The number of carbonyl (C=O) groups excluding carboxylic acids is 2. The number of likely N-dealkylation sites (tertiary alicyclic amines) is 1. The van der Waals surface area contributed by atoms with Crippen molar-refractivity contribution in [1.29, 1.82) is 0 Å². The highest BCUT2D eigenvalue weighted by molar-refractivity contribution is 5.86. The number of rotatable bonds is 7. The Labute approximate surface area is 237 Å². The summed E-state index contributed by atoms with van der Waals surface area (Å²) in [5.74, 6) is 1.36. The number of nitrogens with one attached hydrogen (secondary N) is 2. The van der Waals surface area contributed by atoms with Gasteiger partial charge in [-0.25, -0.2) is 9.78 Å². The molecule has 2 N–H and O–H groups in total. The molecule has 0 unspecified atom stereocenters. The van der Waals surface area contributed by atoms with Gasteiger partial charge in [0.15, 0.2) is 0 Å². The van der Waals surface area contributed by atoms with Crippen LogP contribution < -0.4 is 10.1 Å². The van der Waals surface area contributed by atoms with Crippen LogP contribution in [0.5, 0.6) is 5.75 Å². The van der Waals surface area contributed by atoms with Gasteiger partial charge >= 0.3 is 6.09 Å². The van der Waals surface area contributed by atoms with Gasteiger partial charge in [-0.1, -0.05) is 42.5 Å². The lowest BCUT2D eigenvalue weighted by atomic mass is 10.0. The van der Waals surface area contributed by atoms with Gasteiger partial charge in [-0.15, -0.1) is 0 Å². The fraction of sp³-hybridized carbons (Fsp3) is 0.469. The highest BCUT2D eigenvalue weighted by Crippen LogP contribution is 2.33. The van der Waals surface area contributed by atoms with Crippen LogP contribution in [-0.2, 0) is 16.0 Å². The van der Waals surface area contributed by atoms with Crippen molar-refractivity contribution < 1.29 is 19.1 Å². The third-order valence-corrected chi connectivity index (χ3v) is 6.58. The van der Waals surface area contributed by atoms with Crippen molar-refractivity contribution in [3.05, 3.63) is 71.7 Å². The number of aromatic nitrogens is 2. The van der Waals surface area contributed by atoms with E-state index in [4.69, 9.17) is 14.5 Å². The van der Waals surface area contributed by atoms with Gasteiger partial charge < -0.3 is 24.7 Å². The second-order valence-electron chi connectivity index (χ2n) is 12.4. The first-order chi connectivity index (χ1) is 18.8. The summed E-state index contributed by atoms with van der Waals surface area (Å²) >= 11 is 0. The van der Waals surface area contributed by atoms with Gasteiger partial charge in [0.2, 0.25) is 5.91 Å². The molecule has 0 spiro atoms. The summed E-state index contributed by atoms with van der Waals surface area (Å²) in [6.07, 6.45) is 1.36. The van der Waals surface area contributed by atoms with Crippen molar-refractivity contribution in [2.45, 2.75) is 91.0 Å². The lowest BCUT2D eigenvalue weighted by Crippen LogP contribution is -2.50. The molecule has 0 bridgehead atoms. The van der Waals surface area contributed by atoms with Gasteiger partial charge in [0.25, 0.3) is 0 Å². The topological polar surface area (TPSA) is 96.6 Å². The van der Waals surface area contributed by atoms with Crippen LogP contribution in [0.2, 0.25) is 0 Å². The van der Waals surface area contributed by atoms with Gasteiger partial charge in [0.1, 0.15) is 28.8 Å². The van der Waals surface area contributed by atoms with Crippen molar-refractivity contribution in [3.8, 4) is 17.0 Å². The molecule has 1 fully saturated rings. The van der Waals surface area contributed by atoms with E-state index >= 15 is 0 Å². The van der Waals surface area contributed by atoms with Crippen LogP contribution in [0.15, 0.2) is 54.6 Å². The fourth-order valence-corrected chi connectivity index (χ4v) is 4.97. The number of aromatic amines is 1. The molecule has 40 heavy (non-hydrogen) atoms. The first-order valence-electron chi connectivity index (χ1n) is 14.0. The molecule has 2 amide bonds. The summed E-state index contributed by atoms with van der Waals surface area (Å²) in [7, 11) is 0. The van der Waals surface area contributed by atoms with Crippen LogP contribution >= 0.6 is 0 Å². The Morgan fingerprint density at radius 3 is 2.33 bits per heavy atom. The highest BCUT2D eigenvalue weighted by atomic mass is 16.6. The van der Waals surface area contributed by atoms with Crippen LogP contribution in [0.3, 0.4) is 0 Å². The standard InChI is InChI=1S/C32H42N4O4/c1-21-27(23-12-9-8-10-13-23)35-28(33-21)26-14-11-19-36(26)29(37)25(34-30(38)40-32(5,6)7)20-22-15-17-24(18-16-22)39-31(2,3)4/h8-10,12-13,15-18,25-26H,11,14,19-20H2,1-7H3,(H,33,35)(H,34,38)/t25-,26-/m0/s1. The summed E-state index contributed by atoms with van der Waals surface area (Å²) in [5.41, 5.74) is 2.79. The molecule has 8 nitrogen and oxygen atoms in total. The predicted molar refractivity (Wildman–Crippen MR) is 156 cm³/mol. The number of alkyl carbamates (subject to hydrolysis) is 1. The minimum Gasteiger partial charge on any atom is -0.488 e. The smallest absolute Gasteiger partial charge is 0.408 e. The second kappa shape index (κ2) is 11.7. The average molecular weight is 547 g/mol. The molecule has 1 saturated heterocycles. The fourth-order valence-electron chi connectivity index (χ4n) is 4.97. The molecule has 0 radical (unpaired) electrons. The number of ether oxygens (including phenoxy) is 2. The Morgan fingerprint density at radius 1 is 1.02 bits per heavy atom. The van der Waals surface area contributed by atoms with E-state index in [1.807, 2.05) is 87.2 Å². The quantitative estimate of drug-likeness (QED) is 0.359. The van der Waals surface area contributed by atoms with Gasteiger partial charge in [0.05, 0.1) is 11.7 Å². The molecule has 2 atom stereocenters. The number of hydrogen-bond donors (Lipinski definition) is 2. The lowest BCUT2D eigenvalue weighted by Gasteiger charge is -2.29. The minimum atomic E-state index is -0.797. The van der Waals surface area contributed by atoms with Crippen LogP contribution in [0.25, 0.3) is 11.3 Å². The van der Waals surface area contributed by atoms with Crippen LogP contribution in [0, 0.1) is 6.92 Å². The summed E-state index contributed by atoms with van der Waals surface area (Å²) in [6, 6.07) is 16.7. The molecule has 214 valence electrons. The van der Waals surface area contributed by atoms with E-state index < -0.39 is 17.7 Å². The number of imidazole rings is 1. The van der Waals surface area contributed by atoms with Crippen molar-refractivity contribution in [3.63, 3.8) is 0 Å². The highest BCUT2D eigenvalue weighted by Gasteiger charge is 2.37. The number of H-pyrrole nitrogens is 1. The van der Waals surface area contributed by atoms with E-state index in [2.05, 4.69) is 10.3 Å². The molecule has 1 aromatic heterocycles. The zero-order chi connectivity index (χ0) is 29.1. The maximum Gasteiger partial charge on any atom is 0.408 e. The molecular weight excluding hydrogens is 504 g/mol. The zero-order valence-electron chi connectivity index (χ0n) is 24.7. The molecule has 0 aliphatic carbocycles. The van der Waals surface area contributed by atoms with E-state index in [0.29, 0.717) is 13.0 Å². The lowest BCUT2D eigenvalue weighted by molar-refractivity contribution is -0.134. The first-order valence-corrected chi connectivity index (χ1v) is 14.0. The van der Waals surface area contributed by atoms with E-state index in [-0.39, 0.29) is 17.6 Å². The molecule has 1 aliphatic heterocycles. The third-order valence-electron chi connectivity index (χ3n) is 6.58. The van der Waals surface area contributed by atoms with Crippen molar-refractivity contribution in [2.24, 2.45) is 0 Å². The van der Waals surface area contributed by atoms with E-state index in [1.54, 1.807) is 20.8 Å². The first kappa shape index (κ1) is 29.2. The van der Waals surface area contributed by atoms with Gasteiger partial charge in [-0.2, -0.15) is 0 Å². The molecule has 0 saturated carbocycles. The van der Waals surface area contributed by atoms with E-state index in [9.17, 15) is 9.59 Å². The normalized spacial score (nSPS) is 16.5. The number of hydrogen-bond acceptors (Lipinski definition) is 5. The van der Waals surface area contributed by atoms with Crippen molar-refractivity contribution in [2.75, 3.05) is 6.54 Å². The average Bonchev–Trinajstić information content (AvgIpc) is 3.49. The summed E-state index contributed by atoms with van der Waals surface area (Å²) in [4.78, 5) is 37.0. The maximum atomic E-state index is 14.0. The molecule has 8 heteroatoms. The number of benzene rings is 2. The number of nitrogens with zero attached hydrogens (tertiary/aromatic N) is 2. The molecule has 2 heterocycles. The second-order valence-corrected chi connectivity index (χ2v) is 12.4. The molecule has 4 rings (SSSR count). The molecule has 1 aliphatic rings. The predicted octanol–water partition coefficient (Wildman–Crippen LogP) is 6.36. The largest absolute Gasteiger partial charge is 0.488 e. The summed E-state index contributed by atoms with van der Waals surface area (Å²) in [5, 5.41) is 2.85. The Hall–Kier alpha value is -3.81. The molecule has 2 aromatic carbocycles. The van der Waals surface area contributed by atoms with Gasteiger partial charge in [-0.3, -0.25) is 4.79 Å². The summed E-state index contributed by atoms with van der Waals surface area (Å²) < 4.78 is 11.5. The SMILES string of the molecule is Cc1[nH]c([C@@H]2CCCN2C(=O)[C@H](Cc2ccc(OC(C)(C)C)cc2)NC(=O)OC(C)(C)C)nc1-c1ccccc1. The Balaban J connectivity index is 1.57. The van der Waals surface area contributed by atoms with Gasteiger partial charge in [0, 0.05) is 24.2 Å². The molecular formula is C32H42N4O4. The maximum absolute atomic E-state index is 14.0. The van der Waals surface area contributed by atoms with Crippen LogP contribution in [0.4, 0.5) is 4.79 Å².